The Labute approximate surface area is 223 Å². The summed E-state index contributed by atoms with van der Waals surface area (Å²) in [5, 5.41) is 17.0. The second-order valence-electron chi connectivity index (χ2n) is 11.0. The lowest BCUT2D eigenvalue weighted by molar-refractivity contribution is -0.137. The van der Waals surface area contributed by atoms with Gasteiger partial charge in [0.1, 0.15) is 0 Å². The Morgan fingerprint density at radius 3 is 0.750 bits per heavy atom. The molecule has 0 bridgehead atoms. The van der Waals surface area contributed by atoms with Gasteiger partial charge in [0.25, 0.3) is 0 Å². The highest BCUT2D eigenvalue weighted by Crippen LogP contribution is 2.16. The van der Waals surface area contributed by atoms with Gasteiger partial charge in [-0.05, 0) is 12.8 Å². The maximum absolute atomic E-state index is 10.9. The molecular formula is C31H61NO4. The monoisotopic (exact) mass is 511 g/mol. The molecule has 0 atom stereocenters. The summed E-state index contributed by atoms with van der Waals surface area (Å²) >= 11 is 0. The van der Waals surface area contributed by atoms with Crippen LogP contribution in [0.1, 0.15) is 186 Å². The molecular weight excluding hydrogens is 450 g/mol. The molecule has 0 saturated heterocycles. The van der Waals surface area contributed by atoms with Gasteiger partial charge in [-0.25, -0.2) is 5.48 Å². The van der Waals surface area contributed by atoms with E-state index in [9.17, 15) is 9.59 Å². The minimum atomic E-state index is -0.658. The summed E-state index contributed by atoms with van der Waals surface area (Å²) in [5.41, 5.74) is 1.69. The van der Waals surface area contributed by atoms with E-state index in [0.29, 0.717) is 12.8 Å². The van der Waals surface area contributed by atoms with E-state index in [2.05, 4.69) is 0 Å². The summed E-state index contributed by atoms with van der Waals surface area (Å²) in [4.78, 5) is 21.4. The van der Waals surface area contributed by atoms with Crippen molar-refractivity contribution < 1.29 is 19.9 Å². The van der Waals surface area contributed by atoms with Crippen molar-refractivity contribution >= 4 is 11.9 Å². The number of unbranched alkanes of at least 4 members (excludes halogenated alkanes) is 26. The van der Waals surface area contributed by atoms with Gasteiger partial charge in [0, 0.05) is 12.8 Å². The molecule has 0 fully saturated rings. The van der Waals surface area contributed by atoms with Crippen molar-refractivity contribution in [3.8, 4) is 0 Å². The predicted octanol–water partition coefficient (Wildman–Crippen LogP) is 9.89. The summed E-state index contributed by atoms with van der Waals surface area (Å²) in [6.45, 7) is 0. The third-order valence-corrected chi connectivity index (χ3v) is 7.42. The zero-order chi connectivity index (χ0) is 26.4. The molecule has 0 aromatic heterocycles. The van der Waals surface area contributed by atoms with Crippen molar-refractivity contribution in [3.63, 3.8) is 0 Å². The molecule has 0 radical (unpaired) electrons. The lowest BCUT2D eigenvalue weighted by Crippen LogP contribution is -2.17. The fourth-order valence-corrected chi connectivity index (χ4v) is 5.04. The third-order valence-electron chi connectivity index (χ3n) is 7.42. The molecule has 0 aromatic rings. The molecule has 3 N–H and O–H groups in total. The first-order valence-electron chi connectivity index (χ1n) is 15.8. The highest BCUT2D eigenvalue weighted by atomic mass is 16.5. The number of rotatable bonds is 30. The minimum absolute atomic E-state index is 0.264. The van der Waals surface area contributed by atoms with Crippen LogP contribution in [0, 0.1) is 0 Å². The first-order valence-corrected chi connectivity index (χ1v) is 15.8. The number of carbonyl (C=O) groups excluding carboxylic acids is 1. The summed E-state index contributed by atoms with van der Waals surface area (Å²) in [6, 6.07) is 0. The molecule has 0 aliphatic heterocycles. The van der Waals surface area contributed by atoms with E-state index in [4.69, 9.17) is 10.3 Å². The Bertz CT molecular complexity index is 469. The Kier molecular flexibility index (Phi) is 29.2. The van der Waals surface area contributed by atoms with Gasteiger partial charge >= 0.3 is 5.97 Å². The summed E-state index contributed by atoms with van der Waals surface area (Å²) in [7, 11) is 0. The van der Waals surface area contributed by atoms with E-state index in [1.165, 1.54) is 148 Å². The van der Waals surface area contributed by atoms with Gasteiger partial charge in [0.15, 0.2) is 0 Å². The van der Waals surface area contributed by atoms with Crippen LogP contribution in [0.5, 0.6) is 0 Å². The predicted molar refractivity (Wildman–Crippen MR) is 151 cm³/mol. The van der Waals surface area contributed by atoms with E-state index < -0.39 is 5.97 Å². The van der Waals surface area contributed by atoms with Crippen LogP contribution < -0.4 is 5.48 Å². The largest absolute Gasteiger partial charge is 0.481 e. The maximum atomic E-state index is 10.9. The van der Waals surface area contributed by atoms with Crippen LogP contribution in [-0.2, 0) is 9.59 Å². The minimum Gasteiger partial charge on any atom is -0.481 e. The normalized spacial score (nSPS) is 11.1. The highest BCUT2D eigenvalue weighted by Gasteiger charge is 1.99. The zero-order valence-corrected chi connectivity index (χ0v) is 23.7. The number of carboxylic acids is 1. The second-order valence-corrected chi connectivity index (χ2v) is 11.0. The van der Waals surface area contributed by atoms with Crippen molar-refractivity contribution in [3.05, 3.63) is 0 Å². The van der Waals surface area contributed by atoms with Gasteiger partial charge in [-0.3, -0.25) is 14.8 Å². The Hall–Kier alpha value is -1.10. The van der Waals surface area contributed by atoms with Crippen LogP contribution in [0.25, 0.3) is 0 Å². The van der Waals surface area contributed by atoms with Crippen LogP contribution in [0.2, 0.25) is 0 Å². The zero-order valence-electron chi connectivity index (χ0n) is 23.7. The molecule has 214 valence electrons. The van der Waals surface area contributed by atoms with Crippen molar-refractivity contribution in [2.75, 3.05) is 0 Å². The smallest absolute Gasteiger partial charge is 0.303 e. The first-order chi connectivity index (χ1) is 17.7. The lowest BCUT2D eigenvalue weighted by atomic mass is 10.0. The molecule has 5 heteroatoms. The van der Waals surface area contributed by atoms with E-state index >= 15 is 0 Å². The van der Waals surface area contributed by atoms with Crippen molar-refractivity contribution in [1.82, 2.24) is 5.48 Å². The highest BCUT2D eigenvalue weighted by molar-refractivity contribution is 5.74. The van der Waals surface area contributed by atoms with Crippen molar-refractivity contribution in [2.24, 2.45) is 0 Å². The van der Waals surface area contributed by atoms with E-state index in [1.54, 1.807) is 5.48 Å². The van der Waals surface area contributed by atoms with Gasteiger partial charge in [-0.15, -0.1) is 0 Å². The molecule has 5 nitrogen and oxygen atoms in total. The van der Waals surface area contributed by atoms with Crippen molar-refractivity contribution in [2.45, 2.75) is 186 Å². The maximum Gasteiger partial charge on any atom is 0.303 e. The molecule has 0 aliphatic rings. The van der Waals surface area contributed by atoms with E-state index in [0.717, 1.165) is 25.7 Å². The van der Waals surface area contributed by atoms with E-state index in [1.807, 2.05) is 0 Å². The number of carbonyl (C=O) groups is 2. The van der Waals surface area contributed by atoms with Crippen LogP contribution in [-0.4, -0.2) is 22.2 Å². The number of hydrogen-bond donors (Lipinski definition) is 3. The Morgan fingerprint density at radius 1 is 0.361 bits per heavy atom. The number of aliphatic carboxylic acids is 1. The molecule has 0 heterocycles. The van der Waals surface area contributed by atoms with Crippen LogP contribution in [0.3, 0.4) is 0 Å². The molecule has 0 aromatic carbocycles. The number of amides is 1. The Morgan fingerprint density at radius 2 is 0.556 bits per heavy atom. The van der Waals surface area contributed by atoms with Crippen molar-refractivity contribution in [1.29, 1.82) is 0 Å². The van der Waals surface area contributed by atoms with Crippen LogP contribution in [0.4, 0.5) is 0 Å². The summed E-state index contributed by atoms with van der Waals surface area (Å²) in [6.07, 6.45) is 36.2. The topological polar surface area (TPSA) is 86.6 Å². The SMILES string of the molecule is O=C(O)CCCCCCCCCCCCCCCCCCCCCCCCCCCCCC(=O)NO. The molecule has 0 unspecified atom stereocenters. The fourth-order valence-electron chi connectivity index (χ4n) is 5.04. The van der Waals surface area contributed by atoms with Gasteiger partial charge in [-0.2, -0.15) is 0 Å². The molecule has 1 amide bonds. The molecule has 0 aliphatic carbocycles. The molecule has 0 rings (SSSR count). The summed E-state index contributed by atoms with van der Waals surface area (Å²) < 4.78 is 0. The fraction of sp³-hybridized carbons (Fsp3) is 0.935. The van der Waals surface area contributed by atoms with Gasteiger partial charge in [0.05, 0.1) is 0 Å². The number of nitrogens with one attached hydrogen (secondary N) is 1. The van der Waals surface area contributed by atoms with Crippen LogP contribution >= 0.6 is 0 Å². The average molecular weight is 512 g/mol. The molecule has 36 heavy (non-hydrogen) atoms. The first kappa shape index (κ1) is 34.9. The van der Waals surface area contributed by atoms with E-state index in [-0.39, 0.29) is 5.91 Å². The average Bonchev–Trinajstić information content (AvgIpc) is 2.87. The number of hydroxylamine groups is 1. The van der Waals surface area contributed by atoms with Gasteiger partial charge in [0.2, 0.25) is 5.91 Å². The number of carboxylic acid groups (broad SMARTS) is 1. The van der Waals surface area contributed by atoms with Crippen LogP contribution in [0.15, 0.2) is 0 Å². The lowest BCUT2D eigenvalue weighted by Gasteiger charge is -2.04. The van der Waals surface area contributed by atoms with Gasteiger partial charge in [-0.1, -0.05) is 161 Å². The second kappa shape index (κ2) is 30.1. The standard InChI is InChI=1S/C31H61NO4/c33-30(32-36)28-26-24-22-20-18-16-14-12-10-8-6-4-2-1-3-5-7-9-11-13-15-17-19-21-23-25-27-29-31(34)35/h36H,1-29H2,(H,32,33)(H,34,35). The Balaban J connectivity index is 3.04. The molecule has 0 spiro atoms. The quantitative estimate of drug-likeness (QED) is 0.0508. The molecule has 0 saturated carbocycles. The summed E-state index contributed by atoms with van der Waals surface area (Å²) in [5.74, 6) is -0.922. The van der Waals surface area contributed by atoms with Gasteiger partial charge < -0.3 is 5.11 Å². The third kappa shape index (κ3) is 30.9. The number of hydrogen-bond acceptors (Lipinski definition) is 3.